The molecule has 0 spiro atoms. The Morgan fingerprint density at radius 2 is 2.06 bits per heavy atom. The minimum Gasteiger partial charge on any atom is -0.481 e. The van der Waals surface area contributed by atoms with E-state index in [9.17, 15) is 9.36 Å². The molecule has 0 heterocycles. The highest BCUT2D eigenvalue weighted by atomic mass is 31.1. The predicted octanol–water partition coefficient (Wildman–Crippen LogP) is 3.02. The van der Waals surface area contributed by atoms with E-state index >= 15 is 0 Å². The smallest absolute Gasteiger partial charge is 0.395 e. The summed E-state index contributed by atoms with van der Waals surface area (Å²) in [6.07, 6.45) is -0.0108. The fourth-order valence-electron chi connectivity index (χ4n) is 1.62. The van der Waals surface area contributed by atoms with Crippen LogP contribution in [0.3, 0.4) is 0 Å². The Morgan fingerprint density at radius 1 is 1.44 bits per heavy atom. The number of hydrogen-bond donors (Lipinski definition) is 1. The molecule has 0 saturated heterocycles. The standard InChI is InChI=1S/C11H13O4P/c1-11(2,7-10(12)13)8-5-3-4-6-9(8)15-16-14/h3-6H,7H2,1-2H3,(H,12,13). The summed E-state index contributed by atoms with van der Waals surface area (Å²) >= 11 is 0. The lowest BCUT2D eigenvalue weighted by molar-refractivity contribution is -0.138. The van der Waals surface area contributed by atoms with Gasteiger partial charge in [-0.3, -0.25) is 4.79 Å². The van der Waals surface area contributed by atoms with Crippen molar-refractivity contribution in [2.75, 3.05) is 0 Å². The first kappa shape index (κ1) is 12.7. The van der Waals surface area contributed by atoms with Gasteiger partial charge in [-0.15, -0.1) is 0 Å². The third-order valence-electron chi connectivity index (χ3n) is 2.34. The molecule has 0 aliphatic heterocycles. The fraction of sp³-hybridized carbons (Fsp3) is 0.364. The SMILES string of the molecule is CC(C)(CC(=O)O)c1ccccc1OP=O. The van der Waals surface area contributed by atoms with Crippen molar-refractivity contribution in [2.45, 2.75) is 25.7 Å². The molecule has 16 heavy (non-hydrogen) atoms. The van der Waals surface area contributed by atoms with Crippen LogP contribution >= 0.6 is 8.69 Å². The Morgan fingerprint density at radius 3 is 2.62 bits per heavy atom. The molecule has 0 fully saturated rings. The Hall–Kier alpha value is -1.41. The van der Waals surface area contributed by atoms with E-state index in [-0.39, 0.29) is 6.42 Å². The van der Waals surface area contributed by atoms with Crippen LogP contribution in [0.1, 0.15) is 25.8 Å². The zero-order valence-corrected chi connectivity index (χ0v) is 10.0. The van der Waals surface area contributed by atoms with Gasteiger partial charge in [0.15, 0.2) is 0 Å². The molecule has 0 atom stereocenters. The van der Waals surface area contributed by atoms with E-state index in [1.165, 1.54) is 0 Å². The van der Waals surface area contributed by atoms with Crippen LogP contribution in [0.25, 0.3) is 0 Å². The number of hydrogen-bond acceptors (Lipinski definition) is 3. The second-order valence-corrected chi connectivity index (χ2v) is 4.45. The molecule has 5 heteroatoms. The van der Waals surface area contributed by atoms with Crippen molar-refractivity contribution < 1.29 is 19.0 Å². The topological polar surface area (TPSA) is 63.6 Å². The van der Waals surface area contributed by atoms with Crippen LogP contribution in [0.5, 0.6) is 5.75 Å². The van der Waals surface area contributed by atoms with E-state index in [1.807, 2.05) is 13.8 Å². The number of carbonyl (C=O) groups is 1. The normalized spacial score (nSPS) is 11.4. The predicted molar refractivity (Wildman–Crippen MR) is 60.0 cm³/mol. The highest BCUT2D eigenvalue weighted by Gasteiger charge is 2.27. The molecule has 4 nitrogen and oxygen atoms in total. The van der Waals surface area contributed by atoms with E-state index in [0.29, 0.717) is 5.75 Å². The lowest BCUT2D eigenvalue weighted by atomic mass is 9.81. The number of aliphatic carboxylic acids is 1. The number of carboxylic acids is 1. The first-order chi connectivity index (χ1) is 7.47. The number of rotatable bonds is 5. The Bertz CT molecular complexity index is 401. The van der Waals surface area contributed by atoms with Gasteiger partial charge in [0.25, 0.3) is 0 Å². The van der Waals surface area contributed by atoms with Crippen LogP contribution in [0.4, 0.5) is 0 Å². The molecule has 0 radical (unpaired) electrons. The highest BCUT2D eigenvalue weighted by molar-refractivity contribution is 7.17. The summed E-state index contributed by atoms with van der Waals surface area (Å²) in [5, 5.41) is 8.83. The van der Waals surface area contributed by atoms with Crippen molar-refractivity contribution in [1.29, 1.82) is 0 Å². The summed E-state index contributed by atoms with van der Waals surface area (Å²) in [6, 6.07) is 7.00. The molecule has 0 aliphatic rings. The lowest BCUT2D eigenvalue weighted by Crippen LogP contribution is -2.22. The fourth-order valence-corrected chi connectivity index (χ4v) is 1.86. The van der Waals surface area contributed by atoms with Crippen LogP contribution in [0, 0.1) is 0 Å². The van der Waals surface area contributed by atoms with Crippen LogP contribution < -0.4 is 4.52 Å². The third-order valence-corrected chi connectivity index (χ3v) is 2.62. The number of benzene rings is 1. The largest absolute Gasteiger partial charge is 0.481 e. The number of carboxylic acid groups (broad SMARTS) is 1. The highest BCUT2D eigenvalue weighted by Crippen LogP contribution is 2.35. The van der Waals surface area contributed by atoms with Gasteiger partial charge < -0.3 is 9.63 Å². The zero-order chi connectivity index (χ0) is 12.2. The van der Waals surface area contributed by atoms with E-state index in [2.05, 4.69) is 0 Å². The van der Waals surface area contributed by atoms with E-state index in [4.69, 9.17) is 9.63 Å². The van der Waals surface area contributed by atoms with Crippen molar-refractivity contribution >= 4 is 14.7 Å². The molecule has 86 valence electrons. The zero-order valence-electron chi connectivity index (χ0n) is 9.14. The minimum atomic E-state index is -0.875. The van der Waals surface area contributed by atoms with Gasteiger partial charge in [-0.1, -0.05) is 32.0 Å². The average molecular weight is 240 g/mol. The maximum Gasteiger partial charge on any atom is 0.395 e. The van der Waals surface area contributed by atoms with Crippen LogP contribution in [-0.2, 0) is 14.8 Å². The van der Waals surface area contributed by atoms with Gasteiger partial charge in [0.05, 0.1) is 6.42 Å². The molecule has 1 aromatic rings. The quantitative estimate of drug-likeness (QED) is 0.803. The molecular weight excluding hydrogens is 227 g/mol. The maximum atomic E-state index is 10.8. The van der Waals surface area contributed by atoms with Crippen LogP contribution in [-0.4, -0.2) is 11.1 Å². The summed E-state index contributed by atoms with van der Waals surface area (Å²) in [5.41, 5.74) is 0.174. The van der Waals surface area contributed by atoms with Gasteiger partial charge in [-0.25, -0.2) is 4.57 Å². The van der Waals surface area contributed by atoms with Gasteiger partial charge >= 0.3 is 14.7 Å². The molecule has 1 aromatic carbocycles. The van der Waals surface area contributed by atoms with Crippen molar-refractivity contribution in [2.24, 2.45) is 0 Å². The van der Waals surface area contributed by atoms with Crippen LogP contribution in [0.2, 0.25) is 0 Å². The van der Waals surface area contributed by atoms with Crippen molar-refractivity contribution in [3.05, 3.63) is 29.8 Å². The van der Waals surface area contributed by atoms with Crippen LogP contribution in [0.15, 0.2) is 24.3 Å². The lowest BCUT2D eigenvalue weighted by Gasteiger charge is -2.24. The Labute approximate surface area is 95.5 Å². The van der Waals surface area contributed by atoms with Gasteiger partial charge in [0.1, 0.15) is 5.75 Å². The molecule has 1 N–H and O–H groups in total. The summed E-state index contributed by atoms with van der Waals surface area (Å²) < 4.78 is 15.4. The van der Waals surface area contributed by atoms with E-state index in [1.54, 1.807) is 24.3 Å². The molecular formula is C11H13O4P. The summed E-state index contributed by atoms with van der Waals surface area (Å²) in [4.78, 5) is 10.8. The average Bonchev–Trinajstić information content (AvgIpc) is 2.17. The first-order valence-electron chi connectivity index (χ1n) is 4.78. The van der Waals surface area contributed by atoms with E-state index in [0.717, 1.165) is 5.56 Å². The van der Waals surface area contributed by atoms with Gasteiger partial charge in [0, 0.05) is 11.0 Å². The first-order valence-corrected chi connectivity index (χ1v) is 5.51. The maximum absolute atomic E-state index is 10.8. The Kier molecular flexibility index (Phi) is 4.02. The second-order valence-electron chi connectivity index (χ2n) is 4.12. The summed E-state index contributed by atoms with van der Waals surface area (Å²) in [6.45, 7) is 3.62. The molecule has 0 amide bonds. The molecule has 0 bridgehead atoms. The molecule has 0 aliphatic carbocycles. The monoisotopic (exact) mass is 240 g/mol. The van der Waals surface area contributed by atoms with Crippen molar-refractivity contribution in [3.8, 4) is 5.75 Å². The van der Waals surface area contributed by atoms with Crippen molar-refractivity contribution in [1.82, 2.24) is 0 Å². The number of para-hydroxylation sites is 1. The van der Waals surface area contributed by atoms with Crippen molar-refractivity contribution in [3.63, 3.8) is 0 Å². The van der Waals surface area contributed by atoms with Gasteiger partial charge in [0.2, 0.25) is 0 Å². The van der Waals surface area contributed by atoms with E-state index < -0.39 is 20.1 Å². The Balaban J connectivity index is 3.09. The van der Waals surface area contributed by atoms with Gasteiger partial charge in [-0.05, 0) is 6.07 Å². The molecule has 0 aromatic heterocycles. The second kappa shape index (κ2) is 5.08. The van der Waals surface area contributed by atoms with Gasteiger partial charge in [-0.2, -0.15) is 0 Å². The molecule has 1 rings (SSSR count). The third kappa shape index (κ3) is 3.04. The molecule has 0 saturated carbocycles. The summed E-state index contributed by atoms with van der Waals surface area (Å²) in [5.74, 6) is -0.426. The molecule has 0 unspecified atom stereocenters. The summed E-state index contributed by atoms with van der Waals surface area (Å²) in [7, 11) is -0.442. The minimum absolute atomic E-state index is 0.0108.